The number of amides is 1. The van der Waals surface area contributed by atoms with Crippen molar-refractivity contribution in [2.75, 3.05) is 38.2 Å². The maximum Gasteiger partial charge on any atom is 0.276 e. The summed E-state index contributed by atoms with van der Waals surface area (Å²) in [5.41, 5.74) is 2.96. The first-order valence-electron chi connectivity index (χ1n) is 9.44. The molecule has 0 aliphatic carbocycles. The number of hydrogen-bond acceptors (Lipinski definition) is 5. The lowest BCUT2D eigenvalue weighted by Gasteiger charge is -2.36. The summed E-state index contributed by atoms with van der Waals surface area (Å²) in [7, 11) is 1.67. The van der Waals surface area contributed by atoms with Gasteiger partial charge in [0.1, 0.15) is 5.75 Å². The number of aromatic nitrogens is 3. The molecule has 1 fully saturated rings. The SMILES string of the molecule is COc1ccccc1N1CCN(C(=O)c2nnn(-c3ccc(Cl)cc3)c2C)CC1. The van der Waals surface area contributed by atoms with Crippen LogP contribution < -0.4 is 9.64 Å². The molecule has 1 aromatic heterocycles. The predicted molar refractivity (Wildman–Crippen MR) is 112 cm³/mol. The molecule has 1 aliphatic heterocycles. The van der Waals surface area contributed by atoms with E-state index in [1.807, 2.05) is 48.2 Å². The molecule has 0 radical (unpaired) electrons. The van der Waals surface area contributed by atoms with Gasteiger partial charge in [-0.1, -0.05) is 28.9 Å². The van der Waals surface area contributed by atoms with E-state index in [2.05, 4.69) is 15.2 Å². The zero-order chi connectivity index (χ0) is 20.4. The third-order valence-electron chi connectivity index (χ3n) is 5.16. The Labute approximate surface area is 174 Å². The largest absolute Gasteiger partial charge is 0.495 e. The molecule has 2 heterocycles. The second kappa shape index (κ2) is 8.13. The molecule has 0 unspecified atom stereocenters. The van der Waals surface area contributed by atoms with Crippen molar-refractivity contribution in [2.45, 2.75) is 6.92 Å². The third kappa shape index (κ3) is 3.78. The molecular weight excluding hydrogens is 390 g/mol. The van der Waals surface area contributed by atoms with Crippen LogP contribution in [0.3, 0.4) is 0 Å². The molecule has 2 aromatic carbocycles. The van der Waals surface area contributed by atoms with Gasteiger partial charge in [0.15, 0.2) is 5.69 Å². The van der Waals surface area contributed by atoms with E-state index in [1.165, 1.54) is 0 Å². The lowest BCUT2D eigenvalue weighted by Crippen LogP contribution is -2.49. The van der Waals surface area contributed by atoms with Crippen molar-refractivity contribution < 1.29 is 9.53 Å². The fraction of sp³-hybridized carbons (Fsp3) is 0.286. The van der Waals surface area contributed by atoms with Crippen molar-refractivity contribution in [2.24, 2.45) is 0 Å². The van der Waals surface area contributed by atoms with E-state index in [0.717, 1.165) is 30.2 Å². The van der Waals surface area contributed by atoms with Gasteiger partial charge >= 0.3 is 0 Å². The summed E-state index contributed by atoms with van der Waals surface area (Å²) in [5, 5.41) is 8.96. The first-order valence-corrected chi connectivity index (χ1v) is 9.82. The fourth-order valence-corrected chi connectivity index (χ4v) is 3.67. The summed E-state index contributed by atoms with van der Waals surface area (Å²) in [6.07, 6.45) is 0. The number of para-hydroxylation sites is 2. The minimum atomic E-state index is -0.0950. The molecule has 1 saturated heterocycles. The first kappa shape index (κ1) is 19.3. The second-order valence-electron chi connectivity index (χ2n) is 6.86. The quantitative estimate of drug-likeness (QED) is 0.659. The molecule has 29 heavy (non-hydrogen) atoms. The smallest absolute Gasteiger partial charge is 0.276 e. The summed E-state index contributed by atoms with van der Waals surface area (Å²) in [6, 6.07) is 15.2. The Hall–Kier alpha value is -3.06. The maximum absolute atomic E-state index is 13.0. The van der Waals surface area contributed by atoms with Crippen LogP contribution in [-0.2, 0) is 0 Å². The van der Waals surface area contributed by atoms with Crippen LogP contribution in [0.2, 0.25) is 5.02 Å². The van der Waals surface area contributed by atoms with Gasteiger partial charge < -0.3 is 14.5 Å². The van der Waals surface area contributed by atoms with Crippen LogP contribution in [-0.4, -0.2) is 59.1 Å². The Morgan fingerprint density at radius 1 is 1.03 bits per heavy atom. The van der Waals surface area contributed by atoms with Crippen LogP contribution in [0.25, 0.3) is 5.69 Å². The molecule has 1 amide bonds. The summed E-state index contributed by atoms with van der Waals surface area (Å²) in [5.74, 6) is 0.747. The van der Waals surface area contributed by atoms with Gasteiger partial charge in [-0.3, -0.25) is 4.79 Å². The van der Waals surface area contributed by atoms with Gasteiger partial charge in [0, 0.05) is 31.2 Å². The summed E-state index contributed by atoms with van der Waals surface area (Å²) in [4.78, 5) is 17.1. The number of benzene rings is 2. The predicted octanol–water partition coefficient (Wildman–Crippen LogP) is 3.20. The van der Waals surface area contributed by atoms with Gasteiger partial charge in [-0.25, -0.2) is 4.68 Å². The molecule has 4 rings (SSSR count). The number of ether oxygens (including phenoxy) is 1. The van der Waals surface area contributed by atoms with Gasteiger partial charge in [-0.2, -0.15) is 0 Å². The van der Waals surface area contributed by atoms with Gasteiger partial charge in [0.25, 0.3) is 5.91 Å². The number of nitrogens with zero attached hydrogens (tertiary/aromatic N) is 5. The molecule has 7 nitrogen and oxygen atoms in total. The minimum absolute atomic E-state index is 0.0950. The second-order valence-corrected chi connectivity index (χ2v) is 7.30. The highest BCUT2D eigenvalue weighted by molar-refractivity contribution is 6.30. The van der Waals surface area contributed by atoms with Crippen molar-refractivity contribution in [1.82, 2.24) is 19.9 Å². The number of anilines is 1. The van der Waals surface area contributed by atoms with Crippen LogP contribution in [0, 0.1) is 6.92 Å². The monoisotopic (exact) mass is 411 g/mol. The molecule has 8 heteroatoms. The van der Waals surface area contributed by atoms with E-state index >= 15 is 0 Å². The molecule has 150 valence electrons. The van der Waals surface area contributed by atoms with Crippen molar-refractivity contribution in [3.05, 3.63) is 64.9 Å². The van der Waals surface area contributed by atoms with Crippen molar-refractivity contribution in [3.8, 4) is 11.4 Å². The van der Waals surface area contributed by atoms with E-state index in [9.17, 15) is 4.79 Å². The number of piperazine rings is 1. The molecule has 1 aliphatic rings. The van der Waals surface area contributed by atoms with E-state index in [-0.39, 0.29) is 5.91 Å². The molecule has 0 saturated carbocycles. The van der Waals surface area contributed by atoms with Gasteiger partial charge in [0.05, 0.1) is 24.2 Å². The first-order chi connectivity index (χ1) is 14.1. The lowest BCUT2D eigenvalue weighted by molar-refractivity contribution is 0.0740. The number of methoxy groups -OCH3 is 1. The molecule has 0 bridgehead atoms. The van der Waals surface area contributed by atoms with E-state index in [0.29, 0.717) is 29.5 Å². The molecule has 0 N–H and O–H groups in total. The Balaban J connectivity index is 1.47. The zero-order valence-corrected chi connectivity index (χ0v) is 17.1. The van der Waals surface area contributed by atoms with Crippen molar-refractivity contribution in [1.29, 1.82) is 0 Å². The van der Waals surface area contributed by atoms with Crippen LogP contribution >= 0.6 is 11.6 Å². The number of carbonyl (C=O) groups is 1. The van der Waals surface area contributed by atoms with E-state index < -0.39 is 0 Å². The topological polar surface area (TPSA) is 63.5 Å². The lowest BCUT2D eigenvalue weighted by atomic mass is 10.2. The Kier molecular flexibility index (Phi) is 5.40. The average Bonchev–Trinajstić information content (AvgIpc) is 3.15. The highest BCUT2D eigenvalue weighted by Crippen LogP contribution is 2.28. The minimum Gasteiger partial charge on any atom is -0.495 e. The van der Waals surface area contributed by atoms with E-state index in [4.69, 9.17) is 16.3 Å². The summed E-state index contributed by atoms with van der Waals surface area (Å²) < 4.78 is 7.12. The molecule has 0 atom stereocenters. The maximum atomic E-state index is 13.0. The average molecular weight is 412 g/mol. The van der Waals surface area contributed by atoms with Crippen LogP contribution in [0.1, 0.15) is 16.2 Å². The van der Waals surface area contributed by atoms with Gasteiger partial charge in [0.2, 0.25) is 0 Å². The highest BCUT2D eigenvalue weighted by Gasteiger charge is 2.27. The van der Waals surface area contributed by atoms with Crippen LogP contribution in [0.4, 0.5) is 5.69 Å². The highest BCUT2D eigenvalue weighted by atomic mass is 35.5. The van der Waals surface area contributed by atoms with Gasteiger partial charge in [-0.05, 0) is 43.3 Å². The molecular formula is C21H22ClN5O2. The Bertz CT molecular complexity index is 1010. The normalized spacial score (nSPS) is 14.2. The standard InChI is InChI=1S/C21H22ClN5O2/c1-15-20(23-24-27(15)17-9-7-16(22)8-10-17)21(28)26-13-11-25(12-14-26)18-5-3-4-6-19(18)29-2/h3-10H,11-14H2,1-2H3. The molecule has 0 spiro atoms. The van der Waals surface area contributed by atoms with Crippen LogP contribution in [0.5, 0.6) is 5.75 Å². The Morgan fingerprint density at radius 2 is 1.72 bits per heavy atom. The number of carbonyl (C=O) groups excluding carboxylic acids is 1. The molecule has 3 aromatic rings. The number of halogens is 1. The van der Waals surface area contributed by atoms with Crippen molar-refractivity contribution in [3.63, 3.8) is 0 Å². The van der Waals surface area contributed by atoms with E-state index in [1.54, 1.807) is 23.9 Å². The van der Waals surface area contributed by atoms with Crippen molar-refractivity contribution >= 4 is 23.2 Å². The third-order valence-corrected chi connectivity index (χ3v) is 5.41. The Morgan fingerprint density at radius 3 is 2.41 bits per heavy atom. The van der Waals surface area contributed by atoms with Crippen LogP contribution in [0.15, 0.2) is 48.5 Å². The zero-order valence-electron chi connectivity index (χ0n) is 16.4. The summed E-state index contributed by atoms with van der Waals surface area (Å²) >= 11 is 5.95. The fourth-order valence-electron chi connectivity index (χ4n) is 3.55. The van der Waals surface area contributed by atoms with Gasteiger partial charge in [-0.15, -0.1) is 5.10 Å². The number of hydrogen-bond donors (Lipinski definition) is 0. The summed E-state index contributed by atoms with van der Waals surface area (Å²) in [6.45, 7) is 4.55. The number of rotatable bonds is 4.